The summed E-state index contributed by atoms with van der Waals surface area (Å²) in [5.41, 5.74) is 4.76. The zero-order valence-corrected chi connectivity index (χ0v) is 16.8. The van der Waals surface area contributed by atoms with Crippen LogP contribution in [0.15, 0.2) is 36.0 Å². The zero-order chi connectivity index (χ0) is 20.4. The normalized spacial score (nSPS) is 24.1. The molecule has 0 radical (unpaired) electrons. The van der Waals surface area contributed by atoms with Gasteiger partial charge in [0.2, 0.25) is 5.91 Å². The molecule has 2 saturated heterocycles. The molecule has 2 N–H and O–H groups in total. The highest BCUT2D eigenvalue weighted by Gasteiger charge is 2.37. The van der Waals surface area contributed by atoms with Gasteiger partial charge < -0.3 is 15.0 Å². The lowest BCUT2D eigenvalue weighted by Crippen LogP contribution is -2.53. The molecule has 0 bridgehead atoms. The summed E-state index contributed by atoms with van der Waals surface area (Å²) in [6, 6.07) is 7.11. The third kappa shape index (κ3) is 4.54. The van der Waals surface area contributed by atoms with Crippen LogP contribution in [0.2, 0.25) is 0 Å². The summed E-state index contributed by atoms with van der Waals surface area (Å²) in [7, 11) is -3.13. The molecular weight excluding hydrogens is 396 g/mol. The molecule has 1 atom stereocenters. The van der Waals surface area contributed by atoms with Gasteiger partial charge in [0.1, 0.15) is 5.70 Å². The van der Waals surface area contributed by atoms with E-state index in [2.05, 4.69) is 15.6 Å². The van der Waals surface area contributed by atoms with Gasteiger partial charge in [-0.05, 0) is 36.8 Å². The van der Waals surface area contributed by atoms with Gasteiger partial charge in [-0.1, -0.05) is 0 Å². The van der Waals surface area contributed by atoms with Crippen LogP contribution in [-0.2, 0) is 24.2 Å². The van der Waals surface area contributed by atoms with E-state index in [9.17, 15) is 18.0 Å². The fourth-order valence-corrected chi connectivity index (χ4v) is 5.42. The van der Waals surface area contributed by atoms with Crippen molar-refractivity contribution in [2.75, 3.05) is 48.0 Å². The van der Waals surface area contributed by atoms with Gasteiger partial charge >= 0.3 is 0 Å². The average molecular weight is 420 g/mol. The van der Waals surface area contributed by atoms with Crippen molar-refractivity contribution in [3.05, 3.63) is 36.0 Å². The third-order valence-electron chi connectivity index (χ3n) is 5.31. The molecular formula is C19H24N4O5S. The van der Waals surface area contributed by atoms with Gasteiger partial charge in [-0.3, -0.25) is 20.0 Å². The Hall–Kier alpha value is -2.59. The standard InChI is InChI=1S/C19H24N4O5S/c24-18-6-5-17(21-23(18)16-7-12-29(26,27)13-16)19(25)20-14-1-3-15(4-2-14)22-8-10-28-11-9-22/h1-5,16,21H,6-13H2,(H,20,25)/t16-/m1/s1. The maximum absolute atomic E-state index is 12.6. The summed E-state index contributed by atoms with van der Waals surface area (Å²) in [5, 5.41) is 4.11. The second-order valence-electron chi connectivity index (χ2n) is 7.35. The van der Waals surface area contributed by atoms with Crippen molar-refractivity contribution in [1.29, 1.82) is 0 Å². The second kappa shape index (κ2) is 8.03. The highest BCUT2D eigenvalue weighted by molar-refractivity contribution is 7.91. The van der Waals surface area contributed by atoms with Crippen molar-refractivity contribution in [1.82, 2.24) is 10.4 Å². The monoisotopic (exact) mass is 420 g/mol. The molecule has 3 aliphatic heterocycles. The van der Waals surface area contributed by atoms with Gasteiger partial charge in [-0.25, -0.2) is 8.42 Å². The first kappa shape index (κ1) is 19.7. The second-order valence-corrected chi connectivity index (χ2v) is 9.58. The Morgan fingerprint density at radius 1 is 1.17 bits per heavy atom. The molecule has 156 valence electrons. The molecule has 10 heteroatoms. The van der Waals surface area contributed by atoms with Crippen molar-refractivity contribution in [3.8, 4) is 0 Å². The Bertz CT molecular complexity index is 922. The molecule has 0 unspecified atom stereocenters. The smallest absolute Gasteiger partial charge is 0.273 e. The number of nitrogens with one attached hydrogen (secondary N) is 2. The molecule has 3 heterocycles. The molecule has 2 fully saturated rings. The summed E-state index contributed by atoms with van der Waals surface area (Å²) in [6.07, 6.45) is 1.96. The Morgan fingerprint density at radius 3 is 2.55 bits per heavy atom. The van der Waals surface area contributed by atoms with Gasteiger partial charge in [-0.2, -0.15) is 0 Å². The maximum Gasteiger partial charge on any atom is 0.273 e. The van der Waals surface area contributed by atoms with E-state index < -0.39 is 15.9 Å². The fourth-order valence-electron chi connectivity index (χ4n) is 3.72. The van der Waals surface area contributed by atoms with E-state index in [1.807, 2.05) is 24.3 Å². The lowest BCUT2D eigenvalue weighted by Gasteiger charge is -2.32. The van der Waals surface area contributed by atoms with E-state index in [0.717, 1.165) is 18.8 Å². The van der Waals surface area contributed by atoms with E-state index in [1.54, 1.807) is 0 Å². The van der Waals surface area contributed by atoms with E-state index in [4.69, 9.17) is 4.74 Å². The molecule has 1 aromatic rings. The van der Waals surface area contributed by atoms with E-state index in [-0.39, 0.29) is 35.4 Å². The minimum atomic E-state index is -3.13. The number of morpholine rings is 1. The first-order valence-corrected chi connectivity index (χ1v) is 11.5. The van der Waals surface area contributed by atoms with Gasteiger partial charge in [-0.15, -0.1) is 0 Å². The zero-order valence-electron chi connectivity index (χ0n) is 16.0. The molecule has 0 saturated carbocycles. The van der Waals surface area contributed by atoms with Crippen LogP contribution in [0.4, 0.5) is 11.4 Å². The van der Waals surface area contributed by atoms with Crippen molar-refractivity contribution in [2.45, 2.75) is 18.9 Å². The Kier molecular flexibility index (Phi) is 5.46. The Morgan fingerprint density at radius 2 is 1.90 bits per heavy atom. The summed E-state index contributed by atoms with van der Waals surface area (Å²) in [4.78, 5) is 27.0. The maximum atomic E-state index is 12.6. The minimum absolute atomic E-state index is 0.0578. The number of nitrogens with zero attached hydrogens (tertiary/aromatic N) is 2. The highest BCUT2D eigenvalue weighted by Crippen LogP contribution is 2.22. The fraction of sp³-hybridized carbons (Fsp3) is 0.474. The van der Waals surface area contributed by atoms with E-state index in [1.165, 1.54) is 11.1 Å². The van der Waals surface area contributed by atoms with E-state index in [0.29, 0.717) is 25.3 Å². The van der Waals surface area contributed by atoms with Crippen molar-refractivity contribution >= 4 is 33.0 Å². The van der Waals surface area contributed by atoms with Crippen LogP contribution in [-0.4, -0.2) is 69.1 Å². The van der Waals surface area contributed by atoms with Crippen LogP contribution in [0.3, 0.4) is 0 Å². The van der Waals surface area contributed by atoms with Crippen LogP contribution >= 0.6 is 0 Å². The van der Waals surface area contributed by atoms with Gasteiger partial charge in [0, 0.05) is 30.9 Å². The summed E-state index contributed by atoms with van der Waals surface area (Å²) >= 11 is 0. The molecule has 1 aromatic carbocycles. The molecule has 9 nitrogen and oxygen atoms in total. The third-order valence-corrected chi connectivity index (χ3v) is 7.06. The largest absolute Gasteiger partial charge is 0.378 e. The number of anilines is 2. The number of carbonyl (C=O) groups is 2. The van der Waals surface area contributed by atoms with Crippen LogP contribution in [0.25, 0.3) is 0 Å². The number of ether oxygens (including phenoxy) is 1. The van der Waals surface area contributed by atoms with Crippen molar-refractivity contribution < 1.29 is 22.7 Å². The number of rotatable bonds is 4. The average Bonchev–Trinajstić information content (AvgIpc) is 3.09. The van der Waals surface area contributed by atoms with Gasteiger partial charge in [0.15, 0.2) is 9.84 Å². The first-order valence-electron chi connectivity index (χ1n) is 9.65. The first-order chi connectivity index (χ1) is 13.9. The number of hydrogen-bond acceptors (Lipinski definition) is 7. The molecule has 4 rings (SSSR count). The molecule has 2 amide bonds. The lowest BCUT2D eigenvalue weighted by atomic mass is 10.2. The predicted octanol–water partition coefficient (Wildman–Crippen LogP) is 0.270. The number of hydrazine groups is 1. The minimum Gasteiger partial charge on any atom is -0.378 e. The lowest BCUT2D eigenvalue weighted by molar-refractivity contribution is -0.136. The van der Waals surface area contributed by atoms with Gasteiger partial charge in [0.05, 0.1) is 30.8 Å². The number of benzene rings is 1. The van der Waals surface area contributed by atoms with Crippen molar-refractivity contribution in [2.24, 2.45) is 0 Å². The van der Waals surface area contributed by atoms with E-state index >= 15 is 0 Å². The van der Waals surface area contributed by atoms with Gasteiger partial charge in [0.25, 0.3) is 5.91 Å². The van der Waals surface area contributed by atoms with Crippen LogP contribution in [0.5, 0.6) is 0 Å². The molecule has 0 aromatic heterocycles. The van der Waals surface area contributed by atoms with Crippen LogP contribution in [0, 0.1) is 0 Å². The molecule has 0 spiro atoms. The number of amides is 2. The number of carbonyl (C=O) groups excluding carboxylic acids is 2. The Labute approximate surface area is 169 Å². The van der Waals surface area contributed by atoms with Crippen LogP contribution in [0.1, 0.15) is 12.8 Å². The predicted molar refractivity (Wildman–Crippen MR) is 108 cm³/mol. The molecule has 0 aliphatic carbocycles. The summed E-state index contributed by atoms with van der Waals surface area (Å²) < 4.78 is 28.8. The molecule has 3 aliphatic rings. The SMILES string of the molecule is O=C(Nc1ccc(N2CCOCC2)cc1)C1=CCC(=O)N([C@@H]2CCS(=O)(=O)C2)N1. The Balaban J connectivity index is 1.38. The quantitative estimate of drug-likeness (QED) is 0.720. The van der Waals surface area contributed by atoms with Crippen LogP contribution < -0.4 is 15.6 Å². The summed E-state index contributed by atoms with van der Waals surface area (Å²) in [6.45, 7) is 3.08. The summed E-state index contributed by atoms with van der Waals surface area (Å²) in [5.74, 6) is -0.631. The number of sulfone groups is 1. The topological polar surface area (TPSA) is 108 Å². The highest BCUT2D eigenvalue weighted by atomic mass is 32.2. The molecule has 29 heavy (non-hydrogen) atoms. The number of hydrogen-bond donors (Lipinski definition) is 2. The van der Waals surface area contributed by atoms with Crippen molar-refractivity contribution in [3.63, 3.8) is 0 Å².